The number of benzene rings is 1. The number of fused-ring (bicyclic) bond motifs is 1. The van der Waals surface area contributed by atoms with Crippen LogP contribution in [0.15, 0.2) is 27.8 Å². The molecule has 0 aliphatic carbocycles. The summed E-state index contributed by atoms with van der Waals surface area (Å²) in [5.41, 5.74) is 6.01. The number of nitro groups is 1. The lowest BCUT2D eigenvalue weighted by molar-refractivity contribution is -0.384. The Kier molecular flexibility index (Phi) is 4.80. The maximum Gasteiger partial charge on any atom is 0.332 e. The molecule has 0 spiro atoms. The van der Waals surface area contributed by atoms with E-state index in [1.807, 2.05) is 13.8 Å². The van der Waals surface area contributed by atoms with Crippen molar-refractivity contribution in [1.82, 2.24) is 19.1 Å². The number of non-ortho nitro benzene ring substituents is 1. The molecule has 0 atom stereocenters. The normalized spacial score (nSPS) is 11.2. The van der Waals surface area contributed by atoms with Crippen LogP contribution in [0, 0.1) is 10.1 Å². The van der Waals surface area contributed by atoms with E-state index in [4.69, 9.17) is 5.73 Å². The number of nitrogens with one attached hydrogen (secondary N) is 1. The Labute approximate surface area is 153 Å². The summed E-state index contributed by atoms with van der Waals surface area (Å²) >= 11 is 0. The van der Waals surface area contributed by atoms with Crippen LogP contribution in [-0.2, 0) is 13.1 Å². The van der Waals surface area contributed by atoms with E-state index in [0.29, 0.717) is 31.5 Å². The summed E-state index contributed by atoms with van der Waals surface area (Å²) in [6.45, 7) is 4.54. The van der Waals surface area contributed by atoms with Crippen molar-refractivity contribution in [1.29, 1.82) is 0 Å². The molecule has 0 bridgehead atoms. The van der Waals surface area contributed by atoms with Gasteiger partial charge in [0.25, 0.3) is 11.2 Å². The molecule has 2 heterocycles. The van der Waals surface area contributed by atoms with Gasteiger partial charge in [0.1, 0.15) is 11.3 Å². The third-order valence-corrected chi connectivity index (χ3v) is 4.26. The topological polar surface area (TPSA) is 142 Å². The zero-order valence-electron chi connectivity index (χ0n) is 15.1. The molecule has 0 radical (unpaired) electrons. The molecule has 0 unspecified atom stereocenters. The van der Waals surface area contributed by atoms with Crippen molar-refractivity contribution in [3.8, 4) is 11.4 Å². The Balaban J connectivity index is 2.27. The molecule has 0 saturated heterocycles. The fourth-order valence-electron chi connectivity index (χ4n) is 3.02. The molecule has 0 fully saturated rings. The van der Waals surface area contributed by atoms with Crippen molar-refractivity contribution >= 4 is 22.5 Å². The van der Waals surface area contributed by atoms with Crippen molar-refractivity contribution in [2.45, 2.75) is 39.8 Å². The van der Waals surface area contributed by atoms with E-state index in [-0.39, 0.29) is 28.4 Å². The Morgan fingerprint density at radius 1 is 1.19 bits per heavy atom. The zero-order chi connectivity index (χ0) is 19.7. The van der Waals surface area contributed by atoms with E-state index in [2.05, 4.69) is 9.97 Å². The molecule has 0 aliphatic heterocycles. The highest BCUT2D eigenvalue weighted by molar-refractivity contribution is 5.80. The molecule has 142 valence electrons. The number of aromatic amines is 1. The van der Waals surface area contributed by atoms with Crippen LogP contribution < -0.4 is 17.0 Å². The van der Waals surface area contributed by atoms with Gasteiger partial charge in [-0.3, -0.25) is 24.0 Å². The second-order valence-electron chi connectivity index (χ2n) is 6.20. The Hall–Kier alpha value is -3.43. The lowest BCUT2D eigenvalue weighted by Crippen LogP contribution is -2.40. The van der Waals surface area contributed by atoms with Gasteiger partial charge in [-0.25, -0.2) is 9.78 Å². The van der Waals surface area contributed by atoms with E-state index in [1.165, 1.54) is 27.3 Å². The van der Waals surface area contributed by atoms with Crippen molar-refractivity contribution in [3.63, 3.8) is 0 Å². The molecule has 0 amide bonds. The highest BCUT2D eigenvalue weighted by Gasteiger charge is 2.19. The lowest BCUT2D eigenvalue weighted by atomic mass is 10.1. The molecule has 1 aromatic carbocycles. The zero-order valence-corrected chi connectivity index (χ0v) is 15.1. The van der Waals surface area contributed by atoms with E-state index in [0.717, 1.165) is 0 Å². The lowest BCUT2D eigenvalue weighted by Gasteiger charge is -2.09. The highest BCUT2D eigenvalue weighted by atomic mass is 16.6. The Morgan fingerprint density at radius 3 is 2.44 bits per heavy atom. The number of rotatable bonds is 6. The monoisotopic (exact) mass is 372 g/mol. The first kappa shape index (κ1) is 18.4. The molecule has 0 saturated carbocycles. The molecule has 10 heteroatoms. The van der Waals surface area contributed by atoms with E-state index in [1.54, 1.807) is 0 Å². The van der Waals surface area contributed by atoms with Crippen LogP contribution in [0.25, 0.3) is 22.6 Å². The molecule has 27 heavy (non-hydrogen) atoms. The van der Waals surface area contributed by atoms with Crippen molar-refractivity contribution in [2.24, 2.45) is 0 Å². The van der Waals surface area contributed by atoms with E-state index >= 15 is 0 Å². The first-order valence-electron chi connectivity index (χ1n) is 8.66. The van der Waals surface area contributed by atoms with Gasteiger partial charge in [-0.1, -0.05) is 13.8 Å². The number of nitro benzene ring substituents is 1. The summed E-state index contributed by atoms with van der Waals surface area (Å²) in [6.07, 6.45) is 1.34. The number of aryl methyl sites for hydroxylation is 1. The van der Waals surface area contributed by atoms with Crippen LogP contribution in [0.4, 0.5) is 11.4 Å². The Morgan fingerprint density at radius 2 is 1.85 bits per heavy atom. The number of imidazole rings is 1. The van der Waals surface area contributed by atoms with Gasteiger partial charge in [0.15, 0.2) is 5.65 Å². The molecule has 10 nitrogen and oxygen atoms in total. The van der Waals surface area contributed by atoms with Crippen LogP contribution in [0.2, 0.25) is 0 Å². The third-order valence-electron chi connectivity index (χ3n) is 4.26. The largest absolute Gasteiger partial charge is 0.398 e. The first-order valence-corrected chi connectivity index (χ1v) is 8.66. The van der Waals surface area contributed by atoms with Crippen molar-refractivity contribution < 1.29 is 4.92 Å². The maximum absolute atomic E-state index is 12.7. The quantitative estimate of drug-likeness (QED) is 0.384. The minimum atomic E-state index is -0.541. The number of H-pyrrole nitrogens is 1. The van der Waals surface area contributed by atoms with Gasteiger partial charge in [-0.2, -0.15) is 0 Å². The molecule has 3 aromatic rings. The second-order valence-corrected chi connectivity index (χ2v) is 6.20. The summed E-state index contributed by atoms with van der Waals surface area (Å²) in [7, 11) is 0. The predicted octanol–water partition coefficient (Wildman–Crippen LogP) is 1.86. The minimum absolute atomic E-state index is 0.138. The molecular weight excluding hydrogens is 352 g/mol. The van der Waals surface area contributed by atoms with Crippen LogP contribution in [0.1, 0.15) is 26.7 Å². The summed E-state index contributed by atoms with van der Waals surface area (Å²) in [5, 5.41) is 10.9. The number of nitrogen functional groups attached to an aromatic ring is 1. The van der Waals surface area contributed by atoms with Gasteiger partial charge in [0, 0.05) is 36.5 Å². The molecular formula is C17H20N6O4. The minimum Gasteiger partial charge on any atom is -0.398 e. The SMILES string of the molecule is CCCn1c(=O)c2[nH]c(-c3ccc([N+](=O)[O-])cc3N)nc2n(CCC)c1=O. The molecule has 0 aliphatic rings. The summed E-state index contributed by atoms with van der Waals surface area (Å²) < 4.78 is 2.66. The predicted molar refractivity (Wildman–Crippen MR) is 102 cm³/mol. The second kappa shape index (κ2) is 7.06. The van der Waals surface area contributed by atoms with Gasteiger partial charge >= 0.3 is 5.69 Å². The van der Waals surface area contributed by atoms with Gasteiger partial charge < -0.3 is 10.7 Å². The Bertz CT molecular complexity index is 1140. The number of nitrogens with two attached hydrogens (primary N) is 1. The average Bonchev–Trinajstić information content (AvgIpc) is 3.07. The van der Waals surface area contributed by atoms with Crippen molar-refractivity contribution in [2.75, 3.05) is 5.73 Å². The molecule has 3 N–H and O–H groups in total. The van der Waals surface area contributed by atoms with Crippen molar-refractivity contribution in [3.05, 3.63) is 49.2 Å². The average molecular weight is 372 g/mol. The summed E-state index contributed by atoms with van der Waals surface area (Å²) in [6, 6.07) is 4.02. The number of hydrogen-bond donors (Lipinski definition) is 2. The highest BCUT2D eigenvalue weighted by Crippen LogP contribution is 2.28. The first-order chi connectivity index (χ1) is 12.9. The van der Waals surface area contributed by atoms with Crippen LogP contribution in [0.3, 0.4) is 0 Å². The van der Waals surface area contributed by atoms with E-state index < -0.39 is 16.2 Å². The van der Waals surface area contributed by atoms with E-state index in [9.17, 15) is 19.7 Å². The fourth-order valence-corrected chi connectivity index (χ4v) is 3.02. The number of nitrogens with zero attached hydrogens (tertiary/aromatic N) is 4. The summed E-state index contributed by atoms with van der Waals surface area (Å²) in [5.74, 6) is 0.285. The van der Waals surface area contributed by atoms with Gasteiger partial charge in [-0.05, 0) is 18.9 Å². The molecule has 3 rings (SSSR count). The third kappa shape index (κ3) is 3.09. The van der Waals surface area contributed by atoms with Gasteiger partial charge in [0.05, 0.1) is 4.92 Å². The number of hydrogen-bond acceptors (Lipinski definition) is 6. The number of anilines is 1. The summed E-state index contributed by atoms with van der Waals surface area (Å²) in [4.78, 5) is 43.1. The van der Waals surface area contributed by atoms with Gasteiger partial charge in [0.2, 0.25) is 0 Å². The van der Waals surface area contributed by atoms with Crippen LogP contribution in [-0.4, -0.2) is 24.0 Å². The number of aromatic nitrogens is 4. The molecule has 2 aromatic heterocycles. The maximum atomic E-state index is 12.7. The van der Waals surface area contributed by atoms with Crippen LogP contribution >= 0.6 is 0 Å². The fraction of sp³-hybridized carbons (Fsp3) is 0.353. The smallest absolute Gasteiger partial charge is 0.332 e. The van der Waals surface area contributed by atoms with Gasteiger partial charge in [-0.15, -0.1) is 0 Å². The standard InChI is InChI=1S/C17H20N6O4/c1-3-7-21-15-13(16(24)22(8-4-2)17(21)25)19-14(20-15)11-6-5-10(23(26)27)9-12(11)18/h5-6,9H,3-4,7-8,18H2,1-2H3,(H,19,20). The van der Waals surface area contributed by atoms with Crippen LogP contribution in [0.5, 0.6) is 0 Å².